The van der Waals surface area contributed by atoms with Crippen LogP contribution in [0.15, 0.2) is 16.7 Å². The van der Waals surface area contributed by atoms with Crippen molar-refractivity contribution in [3.05, 3.63) is 29.6 Å². The highest BCUT2D eigenvalue weighted by Crippen LogP contribution is 2.33. The molecule has 1 saturated heterocycles. The number of aromatic amines is 1. The fourth-order valence-corrected chi connectivity index (χ4v) is 3.31. The Hall–Kier alpha value is -1.55. The molecule has 0 bridgehead atoms. The van der Waals surface area contributed by atoms with Crippen molar-refractivity contribution in [1.29, 1.82) is 0 Å². The number of nitrogens with zero attached hydrogens (tertiary/aromatic N) is 1. The number of hydrogen-bond donors (Lipinski definition) is 2. The summed E-state index contributed by atoms with van der Waals surface area (Å²) in [5, 5.41) is 3.42. The van der Waals surface area contributed by atoms with Gasteiger partial charge in [0.1, 0.15) is 11.6 Å². The zero-order valence-corrected chi connectivity index (χ0v) is 11.0. The smallest absolute Gasteiger partial charge is 0.113 e. The summed E-state index contributed by atoms with van der Waals surface area (Å²) in [7, 11) is 0. The molecule has 4 rings (SSSR count). The molecule has 3 heterocycles. The van der Waals surface area contributed by atoms with E-state index in [0.717, 1.165) is 55.5 Å². The Balaban J connectivity index is 1.59. The predicted octanol–water partition coefficient (Wildman–Crippen LogP) is 2.31. The number of piperidine rings is 1. The lowest BCUT2D eigenvalue weighted by atomic mass is 9.94. The molecule has 100 valence electrons. The molecule has 0 atom stereocenters. The van der Waals surface area contributed by atoms with E-state index < -0.39 is 0 Å². The lowest BCUT2D eigenvalue weighted by Gasteiger charge is -2.21. The topological polar surface area (TPSA) is 53.9 Å². The molecule has 0 amide bonds. The van der Waals surface area contributed by atoms with Gasteiger partial charge in [-0.15, -0.1) is 0 Å². The van der Waals surface area contributed by atoms with Crippen LogP contribution in [-0.4, -0.2) is 23.1 Å². The molecule has 0 saturated carbocycles. The molecule has 0 radical (unpaired) electrons. The lowest BCUT2D eigenvalue weighted by Crippen LogP contribution is -2.28. The number of rotatable bonds is 2. The second kappa shape index (κ2) is 4.53. The Morgan fingerprint density at radius 3 is 3.05 bits per heavy atom. The Morgan fingerprint density at radius 1 is 1.26 bits per heavy atom. The van der Waals surface area contributed by atoms with Gasteiger partial charge in [-0.05, 0) is 44.3 Å². The predicted molar refractivity (Wildman–Crippen MR) is 73.0 cm³/mol. The van der Waals surface area contributed by atoms with Gasteiger partial charge in [0.2, 0.25) is 0 Å². The van der Waals surface area contributed by atoms with Crippen LogP contribution in [0.4, 0.5) is 0 Å². The molecule has 0 spiro atoms. The molecule has 2 aliphatic rings. The monoisotopic (exact) mass is 257 g/mol. The van der Waals surface area contributed by atoms with Crippen LogP contribution in [0.1, 0.15) is 30.1 Å². The van der Waals surface area contributed by atoms with E-state index in [4.69, 9.17) is 9.40 Å². The fourth-order valence-electron chi connectivity index (χ4n) is 3.31. The maximum Gasteiger partial charge on any atom is 0.113 e. The Bertz CT molecular complexity index is 578. The van der Waals surface area contributed by atoms with Crippen molar-refractivity contribution in [2.45, 2.75) is 32.1 Å². The van der Waals surface area contributed by atoms with E-state index in [1.807, 2.05) is 6.07 Å². The van der Waals surface area contributed by atoms with Gasteiger partial charge < -0.3 is 14.7 Å². The summed E-state index contributed by atoms with van der Waals surface area (Å²) >= 11 is 0. The number of furan rings is 1. The first kappa shape index (κ1) is 11.3. The molecule has 1 aliphatic heterocycles. The van der Waals surface area contributed by atoms with Crippen LogP contribution in [0, 0.1) is 5.92 Å². The first-order valence-corrected chi connectivity index (χ1v) is 7.25. The first-order chi connectivity index (χ1) is 9.40. The molecule has 1 aliphatic carbocycles. The maximum atomic E-state index is 5.51. The first-order valence-electron chi connectivity index (χ1n) is 7.25. The van der Waals surface area contributed by atoms with Crippen LogP contribution < -0.4 is 5.32 Å². The lowest BCUT2D eigenvalue weighted by molar-refractivity contribution is 0.368. The second-order valence-electron chi connectivity index (χ2n) is 5.67. The van der Waals surface area contributed by atoms with Gasteiger partial charge in [0.15, 0.2) is 0 Å². The van der Waals surface area contributed by atoms with E-state index in [0.29, 0.717) is 0 Å². The number of H-pyrrole nitrogens is 1. The maximum absolute atomic E-state index is 5.51. The average molecular weight is 257 g/mol. The normalized spacial score (nSPS) is 19.2. The number of hydrogen-bond acceptors (Lipinski definition) is 3. The number of fused-ring (bicyclic) bond motifs is 3. The van der Waals surface area contributed by atoms with Crippen molar-refractivity contribution in [3.8, 4) is 11.3 Å². The summed E-state index contributed by atoms with van der Waals surface area (Å²) in [6.07, 6.45) is 7.41. The molecule has 0 unspecified atom stereocenters. The SMILES string of the molecule is c1cc2c(o1)CCc1[nH]c(CC3CCNCC3)nc1-2. The summed E-state index contributed by atoms with van der Waals surface area (Å²) in [6.45, 7) is 2.30. The molecule has 19 heavy (non-hydrogen) atoms. The molecule has 2 aromatic rings. The molecule has 1 fully saturated rings. The van der Waals surface area contributed by atoms with Crippen LogP contribution >= 0.6 is 0 Å². The highest BCUT2D eigenvalue weighted by atomic mass is 16.3. The van der Waals surface area contributed by atoms with Crippen molar-refractivity contribution < 1.29 is 4.42 Å². The summed E-state index contributed by atoms with van der Waals surface area (Å²) in [6, 6.07) is 2.04. The summed E-state index contributed by atoms with van der Waals surface area (Å²) in [5.41, 5.74) is 3.60. The molecular weight excluding hydrogens is 238 g/mol. The molecule has 4 nitrogen and oxygen atoms in total. The molecular formula is C15H19N3O. The number of imidazole rings is 1. The Morgan fingerprint density at radius 2 is 2.16 bits per heavy atom. The van der Waals surface area contributed by atoms with Crippen LogP contribution in [0.3, 0.4) is 0 Å². The summed E-state index contributed by atoms with van der Waals surface area (Å²) < 4.78 is 5.51. The van der Waals surface area contributed by atoms with Crippen LogP contribution in [0.5, 0.6) is 0 Å². The third-order valence-corrected chi connectivity index (χ3v) is 4.37. The molecule has 2 N–H and O–H groups in total. The van der Waals surface area contributed by atoms with Crippen molar-refractivity contribution in [2.24, 2.45) is 5.92 Å². The van der Waals surface area contributed by atoms with Crippen molar-refractivity contribution in [2.75, 3.05) is 13.1 Å². The quantitative estimate of drug-likeness (QED) is 0.868. The van der Waals surface area contributed by atoms with Gasteiger partial charge in [-0.2, -0.15) is 0 Å². The third kappa shape index (κ3) is 2.00. The van der Waals surface area contributed by atoms with Gasteiger partial charge in [-0.3, -0.25) is 0 Å². The van der Waals surface area contributed by atoms with Gasteiger partial charge in [-0.1, -0.05) is 0 Å². The fraction of sp³-hybridized carbons (Fsp3) is 0.533. The standard InChI is InChI=1S/C15H19N3O/c1-2-13-11(5-8-19-13)15-12(1)17-14(18-15)9-10-3-6-16-7-4-10/h5,8,10,16H,1-4,6-7,9H2,(H,17,18). The minimum Gasteiger partial charge on any atom is -0.469 e. The summed E-state index contributed by atoms with van der Waals surface area (Å²) in [4.78, 5) is 8.36. The average Bonchev–Trinajstić information content (AvgIpc) is 3.04. The number of aryl methyl sites for hydroxylation is 2. The molecule has 0 aromatic carbocycles. The summed E-state index contributed by atoms with van der Waals surface area (Å²) in [5.74, 6) is 3.02. The Kier molecular flexibility index (Phi) is 2.69. The number of aromatic nitrogens is 2. The van der Waals surface area contributed by atoms with E-state index in [9.17, 15) is 0 Å². The van der Waals surface area contributed by atoms with Gasteiger partial charge in [0.25, 0.3) is 0 Å². The van der Waals surface area contributed by atoms with E-state index in [-0.39, 0.29) is 0 Å². The second-order valence-corrected chi connectivity index (χ2v) is 5.67. The van der Waals surface area contributed by atoms with E-state index >= 15 is 0 Å². The highest BCUT2D eigenvalue weighted by molar-refractivity contribution is 5.66. The molecule has 4 heteroatoms. The zero-order chi connectivity index (χ0) is 12.7. The van der Waals surface area contributed by atoms with E-state index in [1.165, 1.54) is 24.1 Å². The van der Waals surface area contributed by atoms with Crippen LogP contribution in [0.25, 0.3) is 11.3 Å². The van der Waals surface area contributed by atoms with Crippen molar-refractivity contribution >= 4 is 0 Å². The van der Waals surface area contributed by atoms with Gasteiger partial charge >= 0.3 is 0 Å². The van der Waals surface area contributed by atoms with Gasteiger partial charge in [0, 0.05) is 24.1 Å². The van der Waals surface area contributed by atoms with Crippen LogP contribution in [0.2, 0.25) is 0 Å². The highest BCUT2D eigenvalue weighted by Gasteiger charge is 2.23. The van der Waals surface area contributed by atoms with Crippen molar-refractivity contribution in [1.82, 2.24) is 15.3 Å². The minimum atomic E-state index is 0.776. The van der Waals surface area contributed by atoms with Crippen LogP contribution in [-0.2, 0) is 19.3 Å². The largest absolute Gasteiger partial charge is 0.469 e. The Labute approximate surface area is 112 Å². The van der Waals surface area contributed by atoms with Crippen molar-refractivity contribution in [3.63, 3.8) is 0 Å². The van der Waals surface area contributed by atoms with E-state index in [1.54, 1.807) is 6.26 Å². The van der Waals surface area contributed by atoms with Gasteiger partial charge in [0.05, 0.1) is 12.0 Å². The van der Waals surface area contributed by atoms with Gasteiger partial charge in [-0.25, -0.2) is 4.98 Å². The van der Waals surface area contributed by atoms with E-state index in [2.05, 4.69) is 10.3 Å². The molecule has 2 aromatic heterocycles. The number of nitrogens with one attached hydrogen (secondary N) is 2. The zero-order valence-electron chi connectivity index (χ0n) is 11.0. The third-order valence-electron chi connectivity index (χ3n) is 4.37. The minimum absolute atomic E-state index is 0.776.